The maximum Gasteiger partial charge on any atom is 0.0348 e. The zero-order valence-electron chi connectivity index (χ0n) is 4.81. The summed E-state index contributed by atoms with van der Waals surface area (Å²) >= 11 is 0. The van der Waals surface area contributed by atoms with Crippen LogP contribution in [0.5, 0.6) is 0 Å². The number of hydrogen-bond donors (Lipinski definition) is 1. The molecule has 0 bridgehead atoms. The third-order valence-corrected chi connectivity index (χ3v) is 0.871. The van der Waals surface area contributed by atoms with E-state index in [1.54, 1.807) is 5.01 Å². The fourth-order valence-electron chi connectivity index (χ4n) is 0.365. The summed E-state index contributed by atoms with van der Waals surface area (Å²) in [6.45, 7) is 5.61. The van der Waals surface area contributed by atoms with E-state index in [1.165, 1.54) is 0 Å². The second-order valence-electron chi connectivity index (χ2n) is 1.24. The van der Waals surface area contributed by atoms with Crippen LogP contribution >= 0.6 is 0 Å². The first-order valence-corrected chi connectivity index (χ1v) is 2.47. The highest BCUT2D eigenvalue weighted by atomic mass is 15.5. The molecule has 0 atom stereocenters. The van der Waals surface area contributed by atoms with Crippen molar-refractivity contribution in [2.24, 2.45) is 5.22 Å². The highest BCUT2D eigenvalue weighted by Crippen LogP contribution is 1.82. The molecule has 0 rings (SSSR count). The van der Waals surface area contributed by atoms with Crippen LogP contribution in [0.1, 0.15) is 13.8 Å². The van der Waals surface area contributed by atoms with E-state index in [1.807, 2.05) is 13.8 Å². The molecule has 0 aliphatic carbocycles. The van der Waals surface area contributed by atoms with Gasteiger partial charge in [-0.15, -0.1) is 0 Å². The normalized spacial score (nSPS) is 8.29. The topological polar surface area (TPSA) is 39.5 Å². The minimum atomic E-state index is 0.833. The van der Waals surface area contributed by atoms with Gasteiger partial charge in [-0.2, -0.15) is 5.53 Å². The van der Waals surface area contributed by atoms with E-state index in [4.69, 9.17) is 5.53 Å². The van der Waals surface area contributed by atoms with Gasteiger partial charge in [-0.3, -0.25) is 5.01 Å². The van der Waals surface area contributed by atoms with Crippen LogP contribution < -0.4 is 0 Å². The molecule has 0 aromatic heterocycles. The van der Waals surface area contributed by atoms with E-state index in [-0.39, 0.29) is 0 Å². The molecule has 0 spiro atoms. The molecule has 0 radical (unpaired) electrons. The molecule has 3 heteroatoms. The fraction of sp³-hybridized carbons (Fsp3) is 1.00. The lowest BCUT2D eigenvalue weighted by Crippen LogP contribution is -2.13. The molecular weight excluding hydrogens is 90.1 g/mol. The zero-order valence-corrected chi connectivity index (χ0v) is 4.81. The van der Waals surface area contributed by atoms with Gasteiger partial charge in [0.15, 0.2) is 0 Å². The van der Waals surface area contributed by atoms with Gasteiger partial charge < -0.3 is 0 Å². The summed E-state index contributed by atoms with van der Waals surface area (Å²) in [6.07, 6.45) is 0. The molecule has 0 fully saturated rings. The van der Waals surface area contributed by atoms with E-state index in [0.29, 0.717) is 0 Å². The molecule has 0 heterocycles. The van der Waals surface area contributed by atoms with Crippen molar-refractivity contribution in [3.63, 3.8) is 0 Å². The Kier molecular flexibility index (Phi) is 3.28. The fourth-order valence-corrected chi connectivity index (χ4v) is 0.365. The summed E-state index contributed by atoms with van der Waals surface area (Å²) in [5.74, 6) is 0. The van der Waals surface area contributed by atoms with Crippen molar-refractivity contribution < 1.29 is 0 Å². The minimum Gasteiger partial charge on any atom is -0.280 e. The minimum absolute atomic E-state index is 0.833. The number of nitrogens with one attached hydrogen (secondary N) is 1. The van der Waals surface area contributed by atoms with Gasteiger partial charge in [0.2, 0.25) is 0 Å². The second-order valence-corrected chi connectivity index (χ2v) is 1.24. The quantitative estimate of drug-likeness (QED) is 0.422. The van der Waals surface area contributed by atoms with Crippen LogP contribution in [0.25, 0.3) is 0 Å². The van der Waals surface area contributed by atoms with Gasteiger partial charge in [0.25, 0.3) is 0 Å². The third kappa shape index (κ3) is 2.14. The maximum absolute atomic E-state index is 6.51. The van der Waals surface area contributed by atoms with E-state index in [9.17, 15) is 0 Å². The molecular formula is C4H11N3. The predicted octanol–water partition coefficient (Wildman–Crippen LogP) is 1.27. The Morgan fingerprint density at radius 2 is 1.86 bits per heavy atom. The average molecular weight is 101 g/mol. The largest absolute Gasteiger partial charge is 0.280 e. The molecule has 0 saturated heterocycles. The van der Waals surface area contributed by atoms with Crippen molar-refractivity contribution >= 4 is 0 Å². The molecule has 0 aliphatic rings. The van der Waals surface area contributed by atoms with Crippen LogP contribution in [0.3, 0.4) is 0 Å². The van der Waals surface area contributed by atoms with Gasteiger partial charge in [0.1, 0.15) is 0 Å². The van der Waals surface area contributed by atoms with Crippen molar-refractivity contribution in [3.05, 3.63) is 0 Å². The standard InChI is InChI=1S/C4H11N3/c1-3-7(4-2)6-5/h5H,3-4H2,1-2H3. The molecule has 0 aromatic rings. The summed E-state index contributed by atoms with van der Waals surface area (Å²) in [5, 5.41) is 4.88. The molecule has 3 nitrogen and oxygen atoms in total. The molecule has 0 saturated carbocycles. The van der Waals surface area contributed by atoms with Gasteiger partial charge in [-0.25, -0.2) is 0 Å². The zero-order chi connectivity index (χ0) is 5.70. The SMILES string of the molecule is CCN(CC)N=N. The summed E-state index contributed by atoms with van der Waals surface area (Å²) in [4.78, 5) is 0. The molecule has 7 heavy (non-hydrogen) atoms. The predicted molar refractivity (Wildman–Crippen MR) is 28.1 cm³/mol. The van der Waals surface area contributed by atoms with Gasteiger partial charge >= 0.3 is 0 Å². The molecule has 0 aliphatic heterocycles. The van der Waals surface area contributed by atoms with Crippen LogP contribution in [-0.4, -0.2) is 18.1 Å². The maximum atomic E-state index is 6.51. The summed E-state index contributed by atoms with van der Waals surface area (Å²) in [7, 11) is 0. The lowest BCUT2D eigenvalue weighted by atomic mass is 10.6. The molecule has 0 unspecified atom stereocenters. The Morgan fingerprint density at radius 3 is 1.86 bits per heavy atom. The van der Waals surface area contributed by atoms with Crippen LogP contribution in [0, 0.1) is 5.53 Å². The lowest BCUT2D eigenvalue weighted by Gasteiger charge is -2.08. The average Bonchev–Trinajstić information content (AvgIpc) is 1.72. The van der Waals surface area contributed by atoms with E-state index in [0.717, 1.165) is 13.1 Å². The van der Waals surface area contributed by atoms with Crippen molar-refractivity contribution in [3.8, 4) is 0 Å². The van der Waals surface area contributed by atoms with Crippen LogP contribution in [-0.2, 0) is 0 Å². The Morgan fingerprint density at radius 1 is 1.43 bits per heavy atom. The van der Waals surface area contributed by atoms with Gasteiger partial charge in [0, 0.05) is 13.1 Å². The highest BCUT2D eigenvalue weighted by Gasteiger charge is 1.86. The van der Waals surface area contributed by atoms with Crippen LogP contribution in [0.15, 0.2) is 5.22 Å². The van der Waals surface area contributed by atoms with Crippen molar-refractivity contribution in [2.45, 2.75) is 13.8 Å². The monoisotopic (exact) mass is 101 g/mol. The summed E-state index contributed by atoms with van der Waals surface area (Å²) in [6, 6.07) is 0. The number of nitrogens with zero attached hydrogens (tertiary/aromatic N) is 2. The number of hydrogen-bond acceptors (Lipinski definition) is 2. The third-order valence-electron chi connectivity index (χ3n) is 0.871. The van der Waals surface area contributed by atoms with Gasteiger partial charge in [-0.05, 0) is 13.8 Å². The van der Waals surface area contributed by atoms with Crippen molar-refractivity contribution in [1.29, 1.82) is 5.53 Å². The Bertz CT molecular complexity index is 48.9. The summed E-state index contributed by atoms with van der Waals surface area (Å²) in [5.41, 5.74) is 6.51. The number of rotatable bonds is 3. The smallest absolute Gasteiger partial charge is 0.0348 e. The van der Waals surface area contributed by atoms with Crippen molar-refractivity contribution in [2.75, 3.05) is 13.1 Å². The van der Waals surface area contributed by atoms with Crippen molar-refractivity contribution in [1.82, 2.24) is 5.01 Å². The highest BCUT2D eigenvalue weighted by molar-refractivity contribution is 4.34. The lowest BCUT2D eigenvalue weighted by molar-refractivity contribution is 0.290. The molecule has 1 N–H and O–H groups in total. The van der Waals surface area contributed by atoms with E-state index < -0.39 is 0 Å². The first-order chi connectivity index (χ1) is 3.35. The van der Waals surface area contributed by atoms with Gasteiger partial charge in [0.05, 0.1) is 0 Å². The van der Waals surface area contributed by atoms with Gasteiger partial charge in [-0.1, -0.05) is 5.22 Å². The Labute approximate surface area is 43.8 Å². The second kappa shape index (κ2) is 3.59. The first kappa shape index (κ1) is 6.40. The van der Waals surface area contributed by atoms with Crippen LogP contribution in [0.2, 0.25) is 0 Å². The van der Waals surface area contributed by atoms with E-state index in [2.05, 4.69) is 5.22 Å². The van der Waals surface area contributed by atoms with Crippen LogP contribution in [0.4, 0.5) is 0 Å². The molecule has 42 valence electrons. The molecule has 0 amide bonds. The Hall–Kier alpha value is -0.600. The first-order valence-electron chi connectivity index (χ1n) is 2.47. The molecule has 0 aromatic carbocycles. The Balaban J connectivity index is 3.16. The van der Waals surface area contributed by atoms with E-state index >= 15 is 0 Å². The summed E-state index contributed by atoms with van der Waals surface area (Å²) < 4.78 is 0.